The third-order valence-electron chi connectivity index (χ3n) is 6.63. The second-order valence-corrected chi connectivity index (χ2v) is 8.67. The van der Waals surface area contributed by atoms with Crippen molar-refractivity contribution in [3.63, 3.8) is 0 Å². The molecule has 8 rings (SSSR count). The van der Waals surface area contributed by atoms with Crippen LogP contribution in [0, 0.1) is 0 Å². The van der Waals surface area contributed by atoms with Gasteiger partial charge in [-0.15, -0.1) is 0 Å². The quantitative estimate of drug-likeness (QED) is 0.229. The van der Waals surface area contributed by atoms with E-state index in [4.69, 9.17) is 16.4 Å². The first-order chi connectivity index (χ1) is 25.1. The molecule has 0 saturated heterocycles. The number of rotatable bonds is 3. The Balaban J connectivity index is 1.67. The number of hydrogen-bond acceptors (Lipinski definition) is 0. The lowest BCUT2D eigenvalue weighted by Gasteiger charge is -2.14. The van der Waals surface area contributed by atoms with Gasteiger partial charge in [0.15, 0.2) is 0 Å². The lowest BCUT2D eigenvalue weighted by molar-refractivity contribution is 1.17. The van der Waals surface area contributed by atoms with Crippen molar-refractivity contribution < 1.29 is 20.6 Å². The molecule has 0 aliphatic heterocycles. The van der Waals surface area contributed by atoms with Gasteiger partial charge in [0, 0.05) is 32.8 Å². The number of nitrogens with zero attached hydrogens (tertiary/aromatic N) is 2. The Morgan fingerprint density at radius 1 is 0.447 bits per heavy atom. The van der Waals surface area contributed by atoms with Crippen LogP contribution in [0.3, 0.4) is 0 Å². The van der Waals surface area contributed by atoms with E-state index < -0.39 is 96.3 Å². The van der Waals surface area contributed by atoms with E-state index in [1.165, 1.54) is 4.57 Å². The molecular weight excluding hydrogens is 460 g/mol. The third-order valence-corrected chi connectivity index (χ3v) is 6.63. The standard InChI is InChI=1S/C36H24N2/c1-2-12-25(13-3-1)27-14-4-8-18-32(27)38-35-21-11-7-17-30(35)31-24-26(22-23-36(31)38)37-33-19-9-5-15-28(33)29-16-6-10-20-34(29)37/h1-24H/i5D,6D,7D,9D,10D,11D,15D,16D,17D,19D,20D,21D,22D,23D,24D. The van der Waals surface area contributed by atoms with Gasteiger partial charge in [-0.1, -0.05) is 103 Å². The highest BCUT2D eigenvalue weighted by Gasteiger charge is 2.17. The average Bonchev–Trinajstić information content (AvgIpc) is 3.71. The summed E-state index contributed by atoms with van der Waals surface area (Å²) in [5.74, 6) is 0. The predicted octanol–water partition coefficient (Wildman–Crippen LogP) is 9.55. The number of benzene rings is 6. The minimum atomic E-state index is -0.699. The molecule has 2 heteroatoms. The van der Waals surface area contributed by atoms with Gasteiger partial charge in [-0.05, 0) is 47.9 Å². The van der Waals surface area contributed by atoms with Crippen LogP contribution >= 0.6 is 0 Å². The topological polar surface area (TPSA) is 9.86 Å². The van der Waals surface area contributed by atoms with Gasteiger partial charge in [-0.25, -0.2) is 0 Å². The fourth-order valence-electron chi connectivity index (χ4n) is 5.03. The molecule has 0 N–H and O–H groups in total. The monoisotopic (exact) mass is 499 g/mol. The molecule has 0 unspecified atom stereocenters. The predicted molar refractivity (Wildman–Crippen MR) is 161 cm³/mol. The van der Waals surface area contributed by atoms with Crippen LogP contribution in [0.15, 0.2) is 145 Å². The first-order valence-electron chi connectivity index (χ1n) is 19.3. The summed E-state index contributed by atoms with van der Waals surface area (Å²) < 4.78 is 135. The van der Waals surface area contributed by atoms with Gasteiger partial charge in [-0.2, -0.15) is 0 Å². The molecule has 0 aliphatic rings. The SMILES string of the molecule is [2H]c1c([2H])c([2H])c2c(c1[2H])c1c([2H])c(-n3c4c([2H])c([2H])c([2H])c([2H])c4c4c([2H])c([2H])c([2H])c([2H])c43)c([2H])c([2H])c1n2-c1ccccc1-c1ccccc1. The van der Waals surface area contributed by atoms with Crippen molar-refractivity contribution in [1.82, 2.24) is 9.13 Å². The Labute approximate surface area is 241 Å². The number of aromatic nitrogens is 2. The first-order valence-corrected chi connectivity index (χ1v) is 11.8. The maximum Gasteiger partial charge on any atom is 0.0652 e. The highest BCUT2D eigenvalue weighted by Crippen LogP contribution is 2.38. The molecule has 178 valence electrons. The molecule has 0 bridgehead atoms. The number of hydrogen-bond donors (Lipinski definition) is 0. The van der Waals surface area contributed by atoms with Crippen LogP contribution in [0.2, 0.25) is 0 Å². The van der Waals surface area contributed by atoms with Crippen molar-refractivity contribution >= 4 is 43.6 Å². The summed E-state index contributed by atoms with van der Waals surface area (Å²) in [4.78, 5) is 0. The van der Waals surface area contributed by atoms with E-state index in [1.54, 1.807) is 24.3 Å². The molecule has 2 nitrogen and oxygen atoms in total. The molecule has 0 aliphatic carbocycles. The van der Waals surface area contributed by atoms with Crippen LogP contribution in [0.5, 0.6) is 0 Å². The molecule has 0 saturated carbocycles. The molecule has 38 heavy (non-hydrogen) atoms. The largest absolute Gasteiger partial charge is 0.309 e. The van der Waals surface area contributed by atoms with Crippen molar-refractivity contribution in [2.45, 2.75) is 0 Å². The minimum Gasteiger partial charge on any atom is -0.309 e. The maximum atomic E-state index is 9.74. The second-order valence-electron chi connectivity index (χ2n) is 8.67. The van der Waals surface area contributed by atoms with E-state index in [2.05, 4.69) is 0 Å². The third kappa shape index (κ3) is 3.01. The van der Waals surface area contributed by atoms with Crippen molar-refractivity contribution in [2.75, 3.05) is 0 Å². The van der Waals surface area contributed by atoms with Crippen LogP contribution in [0.4, 0.5) is 0 Å². The Hall–Kier alpha value is -5.08. The Morgan fingerprint density at radius 2 is 0.974 bits per heavy atom. The molecule has 0 fully saturated rings. The smallest absolute Gasteiger partial charge is 0.0652 e. The summed E-state index contributed by atoms with van der Waals surface area (Å²) >= 11 is 0. The first kappa shape index (κ1) is 11.1. The van der Waals surface area contributed by atoms with Gasteiger partial charge in [0.1, 0.15) is 0 Å². The maximum absolute atomic E-state index is 9.74. The molecule has 2 aromatic heterocycles. The highest BCUT2D eigenvalue weighted by atomic mass is 15.0. The number of para-hydroxylation sites is 4. The lowest BCUT2D eigenvalue weighted by atomic mass is 10.0. The van der Waals surface area contributed by atoms with Gasteiger partial charge >= 0.3 is 0 Å². The van der Waals surface area contributed by atoms with Crippen LogP contribution in [-0.4, -0.2) is 9.13 Å². The van der Waals surface area contributed by atoms with E-state index in [0.29, 0.717) is 11.3 Å². The van der Waals surface area contributed by atoms with Gasteiger partial charge in [0.25, 0.3) is 0 Å². The summed E-state index contributed by atoms with van der Waals surface area (Å²) in [7, 11) is 0. The zero-order valence-corrected chi connectivity index (χ0v) is 19.6. The molecule has 0 spiro atoms. The molecule has 6 aromatic carbocycles. The normalized spacial score (nSPS) is 17.2. The summed E-state index contributed by atoms with van der Waals surface area (Å²) in [6.45, 7) is 0. The van der Waals surface area contributed by atoms with E-state index in [1.807, 2.05) is 30.3 Å². The fraction of sp³-hybridized carbons (Fsp3) is 0. The van der Waals surface area contributed by atoms with Crippen molar-refractivity contribution in [1.29, 1.82) is 0 Å². The van der Waals surface area contributed by atoms with Crippen LogP contribution in [-0.2, 0) is 0 Å². The van der Waals surface area contributed by atoms with Gasteiger partial charge in [0.05, 0.1) is 48.3 Å². The van der Waals surface area contributed by atoms with E-state index in [9.17, 15) is 4.11 Å². The fourth-order valence-corrected chi connectivity index (χ4v) is 5.03. The Kier molecular flexibility index (Phi) is 2.41. The molecule has 0 atom stereocenters. The Bertz CT molecular complexity index is 2870. The average molecular weight is 500 g/mol. The lowest BCUT2D eigenvalue weighted by Crippen LogP contribution is -1.97. The van der Waals surface area contributed by atoms with E-state index in [-0.39, 0.29) is 43.6 Å². The minimum absolute atomic E-state index is 0.0704. The summed E-state index contributed by atoms with van der Waals surface area (Å²) in [5.41, 5.74) is 0.419. The van der Waals surface area contributed by atoms with Crippen LogP contribution in [0.1, 0.15) is 20.6 Å². The van der Waals surface area contributed by atoms with Gasteiger partial charge in [-0.3, -0.25) is 0 Å². The van der Waals surface area contributed by atoms with Crippen LogP contribution < -0.4 is 0 Å². The van der Waals surface area contributed by atoms with E-state index in [0.717, 1.165) is 10.1 Å². The van der Waals surface area contributed by atoms with Gasteiger partial charge in [0.2, 0.25) is 0 Å². The highest BCUT2D eigenvalue weighted by molar-refractivity contribution is 6.12. The Morgan fingerprint density at radius 3 is 1.66 bits per heavy atom. The van der Waals surface area contributed by atoms with Crippen molar-refractivity contribution in [2.24, 2.45) is 0 Å². The molecule has 0 radical (unpaired) electrons. The van der Waals surface area contributed by atoms with Crippen LogP contribution in [0.25, 0.3) is 66.1 Å². The van der Waals surface area contributed by atoms with Gasteiger partial charge < -0.3 is 9.13 Å². The molecule has 8 aromatic rings. The molecule has 0 amide bonds. The molecule has 2 heterocycles. The van der Waals surface area contributed by atoms with Crippen molar-refractivity contribution in [3.8, 4) is 22.5 Å². The second kappa shape index (κ2) is 8.22. The van der Waals surface area contributed by atoms with E-state index >= 15 is 0 Å². The summed E-state index contributed by atoms with van der Waals surface area (Å²) in [6.07, 6.45) is 0. The zero-order chi connectivity index (χ0) is 38.1. The zero-order valence-electron chi connectivity index (χ0n) is 34.6. The van der Waals surface area contributed by atoms with Crippen molar-refractivity contribution in [3.05, 3.63) is 145 Å². The summed E-state index contributed by atoms with van der Waals surface area (Å²) in [6, 6.07) is 6.99. The number of fused-ring (bicyclic) bond motifs is 6. The summed E-state index contributed by atoms with van der Waals surface area (Å²) in [5, 5.41) is -0.852. The molecular formula is C36H24N2.